The molecule has 1 unspecified atom stereocenters. The molecule has 0 amide bonds. The van der Waals surface area contributed by atoms with Crippen LogP contribution in [0.15, 0.2) is 24.0 Å². The minimum atomic E-state index is -3.53. The molecule has 1 aliphatic rings. The van der Waals surface area contributed by atoms with Crippen molar-refractivity contribution in [3.8, 4) is 0 Å². The highest BCUT2D eigenvalue weighted by atomic mass is 32.2. The van der Waals surface area contributed by atoms with E-state index in [9.17, 15) is 13.2 Å². The number of allylic oxidation sites excluding steroid dienone is 2. The van der Waals surface area contributed by atoms with Crippen molar-refractivity contribution in [1.82, 2.24) is 0 Å². The van der Waals surface area contributed by atoms with Crippen molar-refractivity contribution in [3.63, 3.8) is 0 Å². The van der Waals surface area contributed by atoms with Crippen LogP contribution in [0.2, 0.25) is 0 Å². The van der Waals surface area contributed by atoms with Crippen LogP contribution in [-0.4, -0.2) is 27.2 Å². The van der Waals surface area contributed by atoms with Gasteiger partial charge in [-0.3, -0.25) is 4.79 Å². The van der Waals surface area contributed by atoms with Crippen LogP contribution < -0.4 is 0 Å². The molecule has 6 heteroatoms. The molecule has 0 saturated heterocycles. The Kier molecular flexibility index (Phi) is 5.39. The SMILES string of the molecule is CCCC(=O)OCC1C=CC(OS(C)(=O)=O)=CC1(C)C. The number of carbonyl (C=O) groups excluding carboxylic acids is 1. The van der Waals surface area contributed by atoms with Crippen molar-refractivity contribution >= 4 is 16.1 Å². The van der Waals surface area contributed by atoms with Crippen molar-refractivity contribution < 1.29 is 22.1 Å². The van der Waals surface area contributed by atoms with Gasteiger partial charge < -0.3 is 8.92 Å². The maximum atomic E-state index is 11.4. The van der Waals surface area contributed by atoms with Crippen molar-refractivity contribution in [2.45, 2.75) is 33.6 Å². The fraction of sp³-hybridized carbons (Fsp3) is 0.643. The first-order valence-corrected chi connectivity index (χ1v) is 8.42. The van der Waals surface area contributed by atoms with Gasteiger partial charge in [-0.15, -0.1) is 0 Å². The van der Waals surface area contributed by atoms with E-state index < -0.39 is 10.1 Å². The van der Waals surface area contributed by atoms with Crippen LogP contribution in [0.5, 0.6) is 0 Å². The van der Waals surface area contributed by atoms with E-state index in [1.54, 1.807) is 12.2 Å². The van der Waals surface area contributed by atoms with Crippen molar-refractivity contribution in [2.24, 2.45) is 11.3 Å². The van der Waals surface area contributed by atoms with Gasteiger partial charge in [-0.25, -0.2) is 0 Å². The van der Waals surface area contributed by atoms with Gasteiger partial charge in [0.1, 0.15) is 5.76 Å². The number of carbonyl (C=O) groups is 1. The molecule has 0 aromatic rings. The van der Waals surface area contributed by atoms with Gasteiger partial charge >= 0.3 is 16.1 Å². The van der Waals surface area contributed by atoms with E-state index in [1.165, 1.54) is 0 Å². The van der Waals surface area contributed by atoms with Crippen LogP contribution in [0.1, 0.15) is 33.6 Å². The van der Waals surface area contributed by atoms with Gasteiger partial charge in [0.25, 0.3) is 0 Å². The average Bonchev–Trinajstić information content (AvgIpc) is 2.24. The lowest BCUT2D eigenvalue weighted by atomic mass is 9.76. The Hall–Kier alpha value is -1.30. The smallest absolute Gasteiger partial charge is 0.306 e. The molecular formula is C14H22O5S. The quantitative estimate of drug-likeness (QED) is 0.556. The third kappa shape index (κ3) is 5.36. The lowest BCUT2D eigenvalue weighted by molar-refractivity contribution is -0.145. The van der Waals surface area contributed by atoms with E-state index in [0.717, 1.165) is 12.7 Å². The zero-order valence-corrected chi connectivity index (χ0v) is 13.2. The zero-order chi connectivity index (χ0) is 15.4. The molecule has 0 aliphatic heterocycles. The van der Waals surface area contributed by atoms with Crippen LogP contribution >= 0.6 is 0 Å². The summed E-state index contributed by atoms with van der Waals surface area (Å²) >= 11 is 0. The Labute approximate surface area is 120 Å². The van der Waals surface area contributed by atoms with Gasteiger partial charge in [0.2, 0.25) is 0 Å². The molecule has 1 aliphatic carbocycles. The molecule has 114 valence electrons. The second kappa shape index (κ2) is 6.43. The summed E-state index contributed by atoms with van der Waals surface area (Å²) in [5.74, 6) is 0.0858. The molecule has 0 N–H and O–H groups in total. The molecule has 0 spiro atoms. The molecule has 0 saturated carbocycles. The summed E-state index contributed by atoms with van der Waals surface area (Å²) < 4.78 is 32.3. The van der Waals surface area contributed by atoms with E-state index in [-0.39, 0.29) is 23.9 Å². The molecule has 0 heterocycles. The minimum Gasteiger partial charge on any atom is -0.465 e. The van der Waals surface area contributed by atoms with Gasteiger partial charge in [0.15, 0.2) is 0 Å². The van der Waals surface area contributed by atoms with Crippen LogP contribution in [0, 0.1) is 11.3 Å². The predicted octanol–water partition coefficient (Wildman–Crippen LogP) is 2.40. The molecular weight excluding hydrogens is 280 g/mol. The van der Waals surface area contributed by atoms with Crippen LogP contribution in [0.3, 0.4) is 0 Å². The van der Waals surface area contributed by atoms with E-state index in [1.807, 2.05) is 26.8 Å². The first-order chi connectivity index (χ1) is 9.14. The fourth-order valence-corrected chi connectivity index (χ4v) is 2.39. The summed E-state index contributed by atoms with van der Waals surface area (Å²) in [6.07, 6.45) is 7.34. The molecule has 1 atom stereocenters. The maximum Gasteiger partial charge on any atom is 0.306 e. The summed E-state index contributed by atoms with van der Waals surface area (Å²) in [6, 6.07) is 0. The van der Waals surface area contributed by atoms with E-state index in [0.29, 0.717) is 12.2 Å². The van der Waals surface area contributed by atoms with Crippen LogP contribution in [0.25, 0.3) is 0 Å². The highest BCUT2D eigenvalue weighted by Crippen LogP contribution is 2.35. The molecule has 0 fully saturated rings. The number of hydrogen-bond acceptors (Lipinski definition) is 5. The Balaban J connectivity index is 2.67. The van der Waals surface area contributed by atoms with E-state index in [4.69, 9.17) is 8.92 Å². The topological polar surface area (TPSA) is 69.7 Å². The molecule has 0 aromatic carbocycles. The molecule has 0 aromatic heterocycles. The standard InChI is InChI=1S/C14H22O5S/c1-5-6-13(15)18-10-11-7-8-12(9-14(11,2)3)19-20(4,16)17/h7-9,11H,5-6,10H2,1-4H3. The van der Waals surface area contributed by atoms with Gasteiger partial charge in [-0.2, -0.15) is 8.42 Å². The molecule has 1 rings (SSSR count). The van der Waals surface area contributed by atoms with Crippen molar-refractivity contribution in [3.05, 3.63) is 24.0 Å². The first-order valence-electron chi connectivity index (χ1n) is 6.60. The van der Waals surface area contributed by atoms with Gasteiger partial charge in [-0.05, 0) is 24.0 Å². The lowest BCUT2D eigenvalue weighted by Gasteiger charge is -2.32. The Bertz CT molecular complexity index is 514. The minimum absolute atomic E-state index is 0.00443. The fourth-order valence-electron chi connectivity index (χ4n) is 1.94. The zero-order valence-electron chi connectivity index (χ0n) is 12.4. The molecule has 0 bridgehead atoms. The highest BCUT2D eigenvalue weighted by Gasteiger charge is 2.30. The Morgan fingerprint density at radius 1 is 1.40 bits per heavy atom. The van der Waals surface area contributed by atoms with Crippen LogP contribution in [-0.2, 0) is 23.8 Å². The van der Waals surface area contributed by atoms with Crippen molar-refractivity contribution in [1.29, 1.82) is 0 Å². The second-order valence-electron chi connectivity index (χ2n) is 5.55. The molecule has 20 heavy (non-hydrogen) atoms. The number of ether oxygens (including phenoxy) is 1. The summed E-state index contributed by atoms with van der Waals surface area (Å²) in [7, 11) is -3.53. The number of hydrogen-bond donors (Lipinski definition) is 0. The lowest BCUT2D eigenvalue weighted by Crippen LogP contribution is -2.28. The summed E-state index contributed by atoms with van der Waals surface area (Å²) in [4.78, 5) is 11.4. The van der Waals surface area contributed by atoms with Crippen LogP contribution in [0.4, 0.5) is 0 Å². The van der Waals surface area contributed by atoms with Crippen molar-refractivity contribution in [2.75, 3.05) is 12.9 Å². The first kappa shape index (κ1) is 16.8. The Morgan fingerprint density at radius 2 is 2.05 bits per heavy atom. The summed E-state index contributed by atoms with van der Waals surface area (Å²) in [6.45, 7) is 6.09. The van der Waals surface area contributed by atoms with E-state index in [2.05, 4.69) is 0 Å². The number of esters is 1. The molecule has 0 radical (unpaired) electrons. The van der Waals surface area contributed by atoms with E-state index >= 15 is 0 Å². The normalized spacial score (nSPS) is 21.2. The van der Waals surface area contributed by atoms with Gasteiger partial charge in [0, 0.05) is 12.3 Å². The maximum absolute atomic E-state index is 11.4. The van der Waals surface area contributed by atoms with Gasteiger partial charge in [-0.1, -0.05) is 26.8 Å². The monoisotopic (exact) mass is 302 g/mol. The average molecular weight is 302 g/mol. The number of rotatable bonds is 6. The second-order valence-corrected chi connectivity index (χ2v) is 7.13. The highest BCUT2D eigenvalue weighted by molar-refractivity contribution is 7.86. The third-order valence-electron chi connectivity index (χ3n) is 3.09. The summed E-state index contributed by atoms with van der Waals surface area (Å²) in [5, 5.41) is 0. The predicted molar refractivity (Wildman–Crippen MR) is 76.3 cm³/mol. The molecule has 5 nitrogen and oxygen atoms in total. The third-order valence-corrected chi connectivity index (χ3v) is 3.58. The Morgan fingerprint density at radius 3 is 2.55 bits per heavy atom. The summed E-state index contributed by atoms with van der Waals surface area (Å²) in [5.41, 5.74) is -0.346. The largest absolute Gasteiger partial charge is 0.465 e. The van der Waals surface area contributed by atoms with Gasteiger partial charge in [0.05, 0.1) is 12.9 Å².